The number of phenolic OH excluding ortho intramolecular Hbond substituents is 1. The minimum Gasteiger partial charge on any atom is -0.504 e. The molecule has 4 nitrogen and oxygen atoms in total. The Morgan fingerprint density at radius 1 is 1.44 bits per heavy atom. The van der Waals surface area contributed by atoms with Crippen LogP contribution in [0.25, 0.3) is 0 Å². The summed E-state index contributed by atoms with van der Waals surface area (Å²) in [6.45, 7) is 0.979. The summed E-state index contributed by atoms with van der Waals surface area (Å²) in [5, 5.41) is 23.5. The van der Waals surface area contributed by atoms with Crippen LogP contribution in [0.3, 0.4) is 0 Å². The van der Waals surface area contributed by atoms with Gasteiger partial charge in [0.15, 0.2) is 11.5 Å². The first kappa shape index (κ1) is 13.5. The molecule has 100 valence electrons. The fourth-order valence-electron chi connectivity index (χ4n) is 2.11. The Bertz CT molecular complexity index is 432. The molecule has 0 aromatic heterocycles. The van der Waals surface area contributed by atoms with Crippen molar-refractivity contribution in [1.82, 2.24) is 5.32 Å². The van der Waals surface area contributed by atoms with E-state index in [4.69, 9.17) is 16.3 Å². The fraction of sp³-hybridized carbons (Fsp3) is 0.538. The highest BCUT2D eigenvalue weighted by Gasteiger charge is 2.33. The zero-order valence-corrected chi connectivity index (χ0v) is 11.1. The Morgan fingerprint density at radius 3 is 2.72 bits per heavy atom. The molecule has 0 unspecified atom stereocenters. The standard InChI is InChI=1S/C13H18ClNO3/c1-18-11-6-10(14)5-9(12(11)16)7-15-8-13(17)3-2-4-13/h5-6,15-17H,2-4,7-8H2,1H3. The van der Waals surface area contributed by atoms with E-state index in [9.17, 15) is 10.2 Å². The molecule has 1 aliphatic carbocycles. The van der Waals surface area contributed by atoms with E-state index < -0.39 is 5.60 Å². The summed E-state index contributed by atoms with van der Waals surface area (Å²) in [4.78, 5) is 0. The molecule has 0 heterocycles. The third-order valence-corrected chi connectivity index (χ3v) is 3.61. The number of halogens is 1. The van der Waals surface area contributed by atoms with Crippen molar-refractivity contribution < 1.29 is 14.9 Å². The van der Waals surface area contributed by atoms with Crippen LogP contribution in [0.1, 0.15) is 24.8 Å². The van der Waals surface area contributed by atoms with Crippen LogP contribution in [0.15, 0.2) is 12.1 Å². The first-order valence-electron chi connectivity index (χ1n) is 6.02. The van der Waals surface area contributed by atoms with Gasteiger partial charge in [0.05, 0.1) is 12.7 Å². The van der Waals surface area contributed by atoms with Gasteiger partial charge >= 0.3 is 0 Å². The zero-order chi connectivity index (χ0) is 13.2. The van der Waals surface area contributed by atoms with Gasteiger partial charge in [-0.25, -0.2) is 0 Å². The molecule has 0 saturated heterocycles. The number of rotatable bonds is 5. The molecule has 1 saturated carbocycles. The van der Waals surface area contributed by atoms with Crippen molar-refractivity contribution in [3.63, 3.8) is 0 Å². The lowest BCUT2D eigenvalue weighted by Crippen LogP contribution is -2.45. The molecule has 18 heavy (non-hydrogen) atoms. The van der Waals surface area contributed by atoms with Gasteiger partial charge in [-0.3, -0.25) is 0 Å². The average molecular weight is 272 g/mol. The summed E-state index contributed by atoms with van der Waals surface area (Å²) < 4.78 is 5.03. The number of benzene rings is 1. The van der Waals surface area contributed by atoms with E-state index in [1.54, 1.807) is 12.1 Å². The van der Waals surface area contributed by atoms with Crippen molar-refractivity contribution in [2.24, 2.45) is 0 Å². The van der Waals surface area contributed by atoms with Crippen LogP contribution in [0.4, 0.5) is 0 Å². The van der Waals surface area contributed by atoms with Gasteiger partial charge in [-0.15, -0.1) is 0 Å². The first-order valence-corrected chi connectivity index (χ1v) is 6.40. The number of ether oxygens (including phenoxy) is 1. The van der Waals surface area contributed by atoms with Crippen LogP contribution >= 0.6 is 11.6 Å². The Kier molecular flexibility index (Phi) is 4.00. The van der Waals surface area contributed by atoms with Gasteiger partial charge in [0.2, 0.25) is 0 Å². The van der Waals surface area contributed by atoms with Gasteiger partial charge in [-0.1, -0.05) is 11.6 Å². The summed E-state index contributed by atoms with van der Waals surface area (Å²) in [6, 6.07) is 3.26. The van der Waals surface area contributed by atoms with E-state index in [-0.39, 0.29) is 5.75 Å². The summed E-state index contributed by atoms with van der Waals surface area (Å²) in [5.41, 5.74) is 0.0976. The molecule has 0 amide bonds. The number of methoxy groups -OCH3 is 1. The Morgan fingerprint density at radius 2 is 2.17 bits per heavy atom. The third-order valence-electron chi connectivity index (χ3n) is 3.39. The molecule has 2 rings (SSSR count). The number of nitrogens with one attached hydrogen (secondary N) is 1. The highest BCUT2D eigenvalue weighted by molar-refractivity contribution is 6.30. The van der Waals surface area contributed by atoms with E-state index in [1.165, 1.54) is 7.11 Å². The molecule has 0 atom stereocenters. The van der Waals surface area contributed by atoms with Gasteiger partial charge in [0.1, 0.15) is 0 Å². The van der Waals surface area contributed by atoms with E-state index in [0.29, 0.717) is 29.4 Å². The van der Waals surface area contributed by atoms with Crippen molar-refractivity contribution >= 4 is 11.6 Å². The Balaban J connectivity index is 1.98. The monoisotopic (exact) mass is 271 g/mol. The number of phenols is 1. The summed E-state index contributed by atoms with van der Waals surface area (Å²) in [6.07, 6.45) is 2.75. The molecule has 1 fully saturated rings. The molecular weight excluding hydrogens is 254 g/mol. The maximum atomic E-state index is 9.94. The van der Waals surface area contributed by atoms with Crippen molar-refractivity contribution in [2.45, 2.75) is 31.4 Å². The quantitative estimate of drug-likeness (QED) is 0.767. The predicted octanol–water partition coefficient (Wildman–Crippen LogP) is 2.06. The number of hydrogen-bond donors (Lipinski definition) is 3. The maximum Gasteiger partial charge on any atom is 0.162 e. The van der Waals surface area contributed by atoms with E-state index in [1.807, 2.05) is 0 Å². The summed E-state index contributed by atoms with van der Waals surface area (Å²) in [5.74, 6) is 0.455. The number of hydrogen-bond acceptors (Lipinski definition) is 4. The van der Waals surface area contributed by atoms with Gasteiger partial charge < -0.3 is 20.3 Å². The first-order chi connectivity index (χ1) is 8.54. The van der Waals surface area contributed by atoms with Gasteiger partial charge in [-0.05, 0) is 25.3 Å². The van der Waals surface area contributed by atoms with Crippen molar-refractivity contribution in [1.29, 1.82) is 0 Å². The van der Waals surface area contributed by atoms with E-state index in [2.05, 4.69) is 5.32 Å². The minimum atomic E-state index is -0.571. The van der Waals surface area contributed by atoms with Crippen molar-refractivity contribution in [2.75, 3.05) is 13.7 Å². The van der Waals surface area contributed by atoms with Crippen LogP contribution < -0.4 is 10.1 Å². The fourth-order valence-corrected chi connectivity index (χ4v) is 2.34. The summed E-state index contributed by atoms with van der Waals surface area (Å²) in [7, 11) is 1.49. The largest absolute Gasteiger partial charge is 0.504 e. The van der Waals surface area contributed by atoms with Gasteiger partial charge in [0, 0.05) is 29.7 Å². The Labute approximate surface area is 112 Å². The second-order valence-corrected chi connectivity index (χ2v) is 5.23. The van der Waals surface area contributed by atoms with Gasteiger partial charge in [-0.2, -0.15) is 0 Å². The normalized spacial score (nSPS) is 17.3. The lowest BCUT2D eigenvalue weighted by atomic mass is 9.80. The molecule has 0 aliphatic heterocycles. The highest BCUT2D eigenvalue weighted by Crippen LogP contribution is 2.34. The SMILES string of the molecule is COc1cc(Cl)cc(CNCC2(O)CCC2)c1O. The smallest absolute Gasteiger partial charge is 0.162 e. The molecule has 0 spiro atoms. The van der Waals surface area contributed by atoms with Crippen molar-refractivity contribution in [3.05, 3.63) is 22.7 Å². The van der Waals surface area contributed by atoms with Gasteiger partial charge in [0.25, 0.3) is 0 Å². The number of aromatic hydroxyl groups is 1. The Hall–Kier alpha value is -0.970. The van der Waals surface area contributed by atoms with E-state index in [0.717, 1.165) is 19.3 Å². The second kappa shape index (κ2) is 5.34. The highest BCUT2D eigenvalue weighted by atomic mass is 35.5. The molecule has 5 heteroatoms. The van der Waals surface area contributed by atoms with Crippen molar-refractivity contribution in [3.8, 4) is 11.5 Å². The molecule has 0 bridgehead atoms. The van der Waals surface area contributed by atoms with E-state index >= 15 is 0 Å². The molecule has 0 radical (unpaired) electrons. The molecule has 1 aromatic rings. The molecular formula is C13H18ClNO3. The second-order valence-electron chi connectivity index (χ2n) is 4.80. The third kappa shape index (κ3) is 2.88. The van der Waals surface area contributed by atoms with Crippen LogP contribution in [-0.2, 0) is 6.54 Å². The zero-order valence-electron chi connectivity index (χ0n) is 10.4. The van der Waals surface area contributed by atoms with Crippen LogP contribution in [0, 0.1) is 0 Å². The van der Waals surface area contributed by atoms with Crippen LogP contribution in [0.2, 0.25) is 5.02 Å². The predicted molar refractivity (Wildman–Crippen MR) is 70.2 cm³/mol. The number of aliphatic hydroxyl groups is 1. The molecule has 1 aliphatic rings. The lowest BCUT2D eigenvalue weighted by Gasteiger charge is -2.36. The van der Waals surface area contributed by atoms with Crippen LogP contribution in [-0.4, -0.2) is 29.5 Å². The lowest BCUT2D eigenvalue weighted by molar-refractivity contribution is -0.0315. The summed E-state index contributed by atoms with van der Waals surface area (Å²) >= 11 is 5.94. The molecule has 3 N–H and O–H groups in total. The van der Waals surface area contributed by atoms with Crippen LogP contribution in [0.5, 0.6) is 11.5 Å². The average Bonchev–Trinajstić information content (AvgIpc) is 2.30. The topological polar surface area (TPSA) is 61.7 Å². The molecule has 1 aromatic carbocycles. The minimum absolute atomic E-state index is 0.0926. The maximum absolute atomic E-state index is 9.94.